The van der Waals surface area contributed by atoms with E-state index in [1.54, 1.807) is 43.5 Å². The van der Waals surface area contributed by atoms with Crippen molar-refractivity contribution >= 4 is 11.5 Å². The number of ether oxygens (including phenoxy) is 1. The number of anilines is 1. The van der Waals surface area contributed by atoms with Gasteiger partial charge in [0.2, 0.25) is 0 Å². The zero-order chi connectivity index (χ0) is 27.6. The fraction of sp³-hybridized carbons (Fsp3) is 0.0606. The van der Waals surface area contributed by atoms with E-state index in [0.717, 1.165) is 23.3 Å². The zero-order valence-electron chi connectivity index (χ0n) is 21.0. The first-order valence-corrected chi connectivity index (χ1v) is 12.2. The molecule has 0 saturated carbocycles. The van der Waals surface area contributed by atoms with E-state index in [4.69, 9.17) is 10.5 Å². The molecule has 0 aromatic heterocycles. The summed E-state index contributed by atoms with van der Waals surface area (Å²) in [6.07, 6.45) is -4.47. The van der Waals surface area contributed by atoms with Crippen LogP contribution in [0.5, 0.6) is 5.75 Å². The van der Waals surface area contributed by atoms with Crippen molar-refractivity contribution in [2.24, 2.45) is 0 Å². The minimum Gasteiger partial charge on any atom is -0.497 e. The molecule has 2 N–H and O–H groups in total. The van der Waals surface area contributed by atoms with Crippen LogP contribution in [0.3, 0.4) is 0 Å². The Morgan fingerprint density at radius 1 is 0.692 bits per heavy atom. The molecule has 0 radical (unpaired) electrons. The maximum atomic E-state index is 13.9. The molecule has 0 fully saturated rings. The molecule has 0 aliphatic heterocycles. The molecule has 6 heteroatoms. The first-order chi connectivity index (χ1) is 18.8. The SMILES string of the molecule is COc1ccc(-c2cc(-c3ccccc3)c(-c3ccc(C(F)(F)F)cc3)c(N)c2C(=O)c2ccccc2)cc1. The molecule has 0 aliphatic rings. The normalized spacial score (nSPS) is 11.3. The summed E-state index contributed by atoms with van der Waals surface area (Å²) in [5.74, 6) is 0.374. The van der Waals surface area contributed by atoms with Gasteiger partial charge in [0.05, 0.1) is 23.9 Å². The van der Waals surface area contributed by atoms with Crippen LogP contribution in [0, 0.1) is 0 Å². The van der Waals surface area contributed by atoms with E-state index in [2.05, 4.69) is 0 Å². The van der Waals surface area contributed by atoms with Crippen LogP contribution in [0.4, 0.5) is 18.9 Å². The van der Waals surface area contributed by atoms with Crippen LogP contribution in [0.25, 0.3) is 33.4 Å². The first-order valence-electron chi connectivity index (χ1n) is 12.2. The average Bonchev–Trinajstić information content (AvgIpc) is 2.97. The van der Waals surface area contributed by atoms with Gasteiger partial charge in [0.1, 0.15) is 5.75 Å². The molecule has 0 spiro atoms. The number of rotatable bonds is 6. The Bertz CT molecular complexity index is 1610. The number of alkyl halides is 3. The summed E-state index contributed by atoms with van der Waals surface area (Å²) in [6.45, 7) is 0. The minimum absolute atomic E-state index is 0.191. The Balaban J connectivity index is 1.83. The monoisotopic (exact) mass is 523 g/mol. The molecule has 0 atom stereocenters. The lowest BCUT2D eigenvalue weighted by atomic mass is 9.83. The van der Waals surface area contributed by atoms with E-state index >= 15 is 0 Å². The number of ketones is 1. The van der Waals surface area contributed by atoms with Gasteiger partial charge in [-0.05, 0) is 58.1 Å². The van der Waals surface area contributed by atoms with Crippen molar-refractivity contribution in [3.05, 3.63) is 132 Å². The summed E-state index contributed by atoms with van der Waals surface area (Å²) in [7, 11) is 1.57. The second-order valence-electron chi connectivity index (χ2n) is 9.00. The zero-order valence-corrected chi connectivity index (χ0v) is 21.0. The number of nitrogen functional groups attached to an aromatic ring is 1. The molecule has 5 aromatic rings. The van der Waals surface area contributed by atoms with Crippen molar-refractivity contribution in [2.45, 2.75) is 6.18 Å². The van der Waals surface area contributed by atoms with Gasteiger partial charge in [0.25, 0.3) is 0 Å². The highest BCUT2D eigenvalue weighted by Gasteiger charge is 2.31. The quantitative estimate of drug-likeness (QED) is 0.179. The second kappa shape index (κ2) is 10.5. The highest BCUT2D eigenvalue weighted by atomic mass is 19.4. The summed E-state index contributed by atoms with van der Waals surface area (Å²) < 4.78 is 45.3. The summed E-state index contributed by atoms with van der Waals surface area (Å²) in [4.78, 5) is 13.9. The van der Waals surface area contributed by atoms with Gasteiger partial charge >= 0.3 is 6.18 Å². The fourth-order valence-electron chi connectivity index (χ4n) is 4.66. The third-order valence-corrected chi connectivity index (χ3v) is 6.62. The van der Waals surface area contributed by atoms with Crippen molar-refractivity contribution in [1.29, 1.82) is 0 Å². The van der Waals surface area contributed by atoms with Crippen LogP contribution in [-0.4, -0.2) is 12.9 Å². The lowest BCUT2D eigenvalue weighted by molar-refractivity contribution is -0.137. The van der Waals surface area contributed by atoms with Crippen molar-refractivity contribution in [2.75, 3.05) is 12.8 Å². The Morgan fingerprint density at radius 2 is 1.23 bits per heavy atom. The maximum Gasteiger partial charge on any atom is 0.416 e. The Kier molecular flexibility index (Phi) is 6.94. The van der Waals surface area contributed by atoms with Gasteiger partial charge in [-0.3, -0.25) is 4.79 Å². The summed E-state index contributed by atoms with van der Waals surface area (Å²) in [5.41, 5.74) is 10.8. The smallest absolute Gasteiger partial charge is 0.416 e. The molecule has 0 aliphatic carbocycles. The van der Waals surface area contributed by atoms with Gasteiger partial charge in [-0.15, -0.1) is 0 Å². The van der Waals surface area contributed by atoms with E-state index in [1.165, 1.54) is 12.1 Å². The van der Waals surface area contributed by atoms with Crippen LogP contribution in [0.1, 0.15) is 21.5 Å². The third kappa shape index (κ3) is 5.14. The lowest BCUT2D eigenvalue weighted by Gasteiger charge is -2.21. The molecular formula is C33H24F3NO2. The van der Waals surface area contributed by atoms with Crippen LogP contribution in [0.15, 0.2) is 115 Å². The fourth-order valence-corrected chi connectivity index (χ4v) is 4.66. The van der Waals surface area contributed by atoms with Crippen LogP contribution >= 0.6 is 0 Å². The van der Waals surface area contributed by atoms with Gasteiger partial charge in [-0.25, -0.2) is 0 Å². The van der Waals surface area contributed by atoms with Gasteiger partial charge in [0, 0.05) is 11.1 Å². The van der Waals surface area contributed by atoms with Crippen molar-refractivity contribution < 1.29 is 22.7 Å². The number of nitrogens with two attached hydrogens (primary N) is 1. The summed E-state index contributed by atoms with van der Waals surface area (Å²) >= 11 is 0. The summed E-state index contributed by atoms with van der Waals surface area (Å²) in [5, 5.41) is 0. The summed E-state index contributed by atoms with van der Waals surface area (Å²) in [6, 6.07) is 32.2. The Labute approximate surface area is 224 Å². The van der Waals surface area contributed by atoms with Crippen molar-refractivity contribution in [1.82, 2.24) is 0 Å². The average molecular weight is 524 g/mol. The molecule has 0 heterocycles. The van der Waals surface area contributed by atoms with Gasteiger partial charge in [-0.1, -0.05) is 84.9 Å². The molecule has 5 rings (SSSR count). The number of carbonyl (C=O) groups is 1. The lowest BCUT2D eigenvalue weighted by Crippen LogP contribution is -2.10. The highest BCUT2D eigenvalue weighted by molar-refractivity contribution is 6.19. The standard InChI is InChI=1S/C33H24F3NO2/c1-39-26-18-14-22(15-19-26)28-20-27(21-8-4-2-5-9-21)29(23-12-16-25(17-13-23)33(34,35)36)31(37)30(28)32(38)24-10-6-3-7-11-24/h2-20H,37H2,1H3. The highest BCUT2D eigenvalue weighted by Crippen LogP contribution is 2.45. The predicted octanol–water partition coefficient (Wildman–Crippen LogP) is 8.53. The van der Waals surface area contributed by atoms with Crippen LogP contribution in [0.2, 0.25) is 0 Å². The van der Waals surface area contributed by atoms with Gasteiger partial charge in [0.15, 0.2) is 5.78 Å². The number of halogens is 3. The Morgan fingerprint density at radius 3 is 1.79 bits per heavy atom. The van der Waals surface area contributed by atoms with Crippen LogP contribution < -0.4 is 10.5 Å². The predicted molar refractivity (Wildman–Crippen MR) is 149 cm³/mol. The third-order valence-electron chi connectivity index (χ3n) is 6.62. The molecule has 0 unspecified atom stereocenters. The molecule has 0 bridgehead atoms. The van der Waals surface area contributed by atoms with Gasteiger partial charge < -0.3 is 10.5 Å². The van der Waals surface area contributed by atoms with Crippen LogP contribution in [-0.2, 0) is 6.18 Å². The van der Waals surface area contributed by atoms with E-state index in [0.29, 0.717) is 33.6 Å². The topological polar surface area (TPSA) is 52.3 Å². The molecule has 0 saturated heterocycles. The Hall–Kier alpha value is -4.84. The largest absolute Gasteiger partial charge is 0.497 e. The second-order valence-corrected chi connectivity index (χ2v) is 9.00. The maximum absolute atomic E-state index is 13.9. The van der Waals surface area contributed by atoms with Crippen molar-refractivity contribution in [3.8, 4) is 39.1 Å². The number of carbonyl (C=O) groups excluding carboxylic acids is 1. The van der Waals surface area contributed by atoms with E-state index in [9.17, 15) is 18.0 Å². The number of hydrogen-bond acceptors (Lipinski definition) is 3. The number of hydrogen-bond donors (Lipinski definition) is 1. The minimum atomic E-state index is -4.47. The number of benzene rings is 5. The molecule has 194 valence electrons. The number of methoxy groups -OCH3 is 1. The molecule has 3 nitrogen and oxygen atoms in total. The van der Waals surface area contributed by atoms with E-state index in [1.807, 2.05) is 54.6 Å². The van der Waals surface area contributed by atoms with E-state index in [-0.39, 0.29) is 17.0 Å². The molecule has 0 amide bonds. The first kappa shape index (κ1) is 25.8. The molecule has 5 aromatic carbocycles. The van der Waals surface area contributed by atoms with E-state index < -0.39 is 11.7 Å². The molecule has 39 heavy (non-hydrogen) atoms. The van der Waals surface area contributed by atoms with Gasteiger partial charge in [-0.2, -0.15) is 13.2 Å². The van der Waals surface area contributed by atoms with Crippen molar-refractivity contribution in [3.63, 3.8) is 0 Å². The molecular weight excluding hydrogens is 499 g/mol.